The maximum Gasteiger partial charge on any atom is 0.338 e. The number of ether oxygens (including phenoxy) is 4. The Morgan fingerprint density at radius 3 is 2.50 bits per heavy atom. The molecular formula is C31H26ClIN2O6S. The number of nitrogens with zero attached hydrogens (tertiary/aromatic N) is 2. The number of hydrogen-bond donors (Lipinski definition) is 0. The van der Waals surface area contributed by atoms with Crippen LogP contribution in [0.3, 0.4) is 0 Å². The standard InChI is InChI=1S/C31H26ClIN2O6S/c1-17-26(30(37)40-4)27(21-15-20(32)10-11-23(21)38-2)35-29(36)25(42-31(35)34-17)14-19-12-22(33)28(24(13-19)39-3)41-16-18-8-6-5-7-9-18/h5-15,27H,16H2,1-4H3/b25-14-/t27-/m0/s1. The Hall–Kier alpha value is -3.61. The van der Waals surface area contributed by atoms with Crippen molar-refractivity contribution in [1.82, 2.24) is 4.57 Å². The summed E-state index contributed by atoms with van der Waals surface area (Å²) in [7, 11) is 4.39. The van der Waals surface area contributed by atoms with Crippen LogP contribution in [0.2, 0.25) is 5.02 Å². The molecular weight excluding hydrogens is 691 g/mol. The first kappa shape index (κ1) is 29.9. The molecule has 0 N–H and O–H groups in total. The second-order valence-electron chi connectivity index (χ2n) is 9.27. The minimum atomic E-state index is -0.854. The highest BCUT2D eigenvalue weighted by atomic mass is 127. The van der Waals surface area contributed by atoms with Gasteiger partial charge in [-0.3, -0.25) is 9.36 Å². The van der Waals surface area contributed by atoms with E-state index in [0.29, 0.717) is 49.5 Å². The molecule has 0 amide bonds. The monoisotopic (exact) mass is 716 g/mol. The lowest BCUT2D eigenvalue weighted by molar-refractivity contribution is -0.136. The number of carbonyl (C=O) groups is 1. The van der Waals surface area contributed by atoms with E-state index in [-0.39, 0.29) is 11.1 Å². The molecule has 0 saturated carbocycles. The van der Waals surface area contributed by atoms with Gasteiger partial charge in [-0.05, 0) is 77.0 Å². The minimum Gasteiger partial charge on any atom is -0.496 e. The van der Waals surface area contributed by atoms with E-state index in [2.05, 4.69) is 27.6 Å². The van der Waals surface area contributed by atoms with Crippen molar-refractivity contribution in [3.05, 3.63) is 117 Å². The topological polar surface area (TPSA) is 88.4 Å². The van der Waals surface area contributed by atoms with Crippen LogP contribution >= 0.6 is 45.5 Å². The van der Waals surface area contributed by atoms with E-state index >= 15 is 0 Å². The predicted octanol–water partition coefficient (Wildman–Crippen LogP) is 5.26. The zero-order chi connectivity index (χ0) is 30.0. The molecule has 0 saturated heterocycles. The Labute approximate surface area is 264 Å². The minimum absolute atomic E-state index is 0.230. The highest BCUT2D eigenvalue weighted by molar-refractivity contribution is 14.1. The number of hydrogen-bond acceptors (Lipinski definition) is 8. The number of benzene rings is 3. The van der Waals surface area contributed by atoms with Crippen molar-refractivity contribution in [2.24, 2.45) is 4.99 Å². The molecule has 5 rings (SSSR count). The number of allylic oxidation sites excluding steroid dienone is 1. The van der Waals surface area contributed by atoms with Crippen molar-refractivity contribution < 1.29 is 23.7 Å². The molecule has 0 bridgehead atoms. The molecule has 3 aromatic carbocycles. The molecule has 1 aliphatic heterocycles. The quantitative estimate of drug-likeness (QED) is 0.183. The Morgan fingerprint density at radius 2 is 1.81 bits per heavy atom. The number of methoxy groups -OCH3 is 3. The molecule has 4 aromatic rings. The van der Waals surface area contributed by atoms with Crippen molar-refractivity contribution in [3.63, 3.8) is 0 Å². The van der Waals surface area contributed by atoms with Crippen LogP contribution in [0, 0.1) is 3.57 Å². The van der Waals surface area contributed by atoms with Crippen LogP contribution in [-0.4, -0.2) is 31.9 Å². The lowest BCUT2D eigenvalue weighted by Crippen LogP contribution is -2.40. The van der Waals surface area contributed by atoms with Gasteiger partial charge < -0.3 is 18.9 Å². The summed E-state index contributed by atoms with van der Waals surface area (Å²) >= 11 is 9.78. The summed E-state index contributed by atoms with van der Waals surface area (Å²) in [5.41, 5.74) is 2.68. The number of halogens is 2. The van der Waals surface area contributed by atoms with E-state index in [1.807, 2.05) is 42.5 Å². The first-order valence-corrected chi connectivity index (χ1v) is 15.0. The third kappa shape index (κ3) is 5.83. The fraction of sp³-hybridized carbons (Fsp3) is 0.194. The number of thiazole rings is 1. The fourth-order valence-electron chi connectivity index (χ4n) is 4.75. The average Bonchev–Trinajstić information content (AvgIpc) is 3.29. The van der Waals surface area contributed by atoms with Gasteiger partial charge in [0.05, 0.1) is 40.7 Å². The van der Waals surface area contributed by atoms with E-state index in [9.17, 15) is 9.59 Å². The maximum absolute atomic E-state index is 14.0. The molecule has 0 radical (unpaired) electrons. The third-order valence-electron chi connectivity index (χ3n) is 6.69. The summed E-state index contributed by atoms with van der Waals surface area (Å²) in [6, 6.07) is 17.8. The lowest BCUT2D eigenvalue weighted by Gasteiger charge is -2.25. The van der Waals surface area contributed by atoms with Crippen LogP contribution < -0.4 is 29.1 Å². The molecule has 11 heteroatoms. The Morgan fingerprint density at radius 1 is 1.07 bits per heavy atom. The van der Waals surface area contributed by atoms with Crippen molar-refractivity contribution in [2.45, 2.75) is 19.6 Å². The summed E-state index contributed by atoms with van der Waals surface area (Å²) in [6.45, 7) is 2.11. The summed E-state index contributed by atoms with van der Waals surface area (Å²) in [4.78, 5) is 32.0. The van der Waals surface area contributed by atoms with Crippen molar-refractivity contribution in [3.8, 4) is 17.2 Å². The van der Waals surface area contributed by atoms with Crippen LogP contribution in [0.15, 0.2) is 81.7 Å². The fourth-order valence-corrected chi connectivity index (χ4v) is 6.76. The van der Waals surface area contributed by atoms with Gasteiger partial charge in [0.1, 0.15) is 18.4 Å². The molecule has 0 aliphatic carbocycles. The van der Waals surface area contributed by atoms with Crippen molar-refractivity contribution >= 4 is 57.6 Å². The van der Waals surface area contributed by atoms with Crippen LogP contribution in [0.5, 0.6) is 17.2 Å². The first-order valence-electron chi connectivity index (χ1n) is 12.7. The van der Waals surface area contributed by atoms with Gasteiger partial charge >= 0.3 is 5.97 Å². The van der Waals surface area contributed by atoms with Crippen LogP contribution in [-0.2, 0) is 16.1 Å². The van der Waals surface area contributed by atoms with E-state index in [1.54, 1.807) is 38.3 Å². The van der Waals surface area contributed by atoms with Gasteiger partial charge in [0, 0.05) is 10.6 Å². The highest BCUT2D eigenvalue weighted by Crippen LogP contribution is 2.38. The van der Waals surface area contributed by atoms with Gasteiger partial charge in [-0.1, -0.05) is 53.3 Å². The van der Waals surface area contributed by atoms with Crippen molar-refractivity contribution in [2.75, 3.05) is 21.3 Å². The average molecular weight is 717 g/mol. The number of carbonyl (C=O) groups excluding carboxylic acids is 1. The first-order chi connectivity index (χ1) is 20.2. The third-order valence-corrected chi connectivity index (χ3v) is 8.71. The van der Waals surface area contributed by atoms with Gasteiger partial charge in [0.15, 0.2) is 16.3 Å². The normalized spacial score (nSPS) is 14.7. The van der Waals surface area contributed by atoms with Crippen LogP contribution in [0.1, 0.15) is 29.7 Å². The van der Waals surface area contributed by atoms with Crippen molar-refractivity contribution in [1.29, 1.82) is 0 Å². The largest absolute Gasteiger partial charge is 0.496 e. The lowest BCUT2D eigenvalue weighted by atomic mass is 9.95. The summed E-state index contributed by atoms with van der Waals surface area (Å²) in [5, 5.41) is 0.433. The molecule has 1 aliphatic rings. The molecule has 0 unspecified atom stereocenters. The molecule has 2 heterocycles. The SMILES string of the molecule is COC(=O)C1=C(C)N=c2s/c(=C\c3cc(I)c(OCc4ccccc4)c(OC)c3)c(=O)n2[C@H]1c1cc(Cl)ccc1OC. The molecule has 8 nitrogen and oxygen atoms in total. The molecule has 216 valence electrons. The van der Waals surface area contributed by atoms with E-state index in [0.717, 1.165) is 14.7 Å². The Kier molecular flexibility index (Phi) is 9.05. The zero-order valence-corrected chi connectivity index (χ0v) is 26.9. The zero-order valence-electron chi connectivity index (χ0n) is 23.1. The van der Waals surface area contributed by atoms with Gasteiger partial charge in [0.2, 0.25) is 0 Å². The maximum atomic E-state index is 14.0. The van der Waals surface area contributed by atoms with Gasteiger partial charge in [0.25, 0.3) is 5.56 Å². The summed E-state index contributed by atoms with van der Waals surface area (Å²) in [6.07, 6.45) is 1.78. The van der Waals surface area contributed by atoms with E-state index in [1.165, 1.54) is 30.1 Å². The van der Waals surface area contributed by atoms with Gasteiger partial charge in [-0.2, -0.15) is 0 Å². The predicted molar refractivity (Wildman–Crippen MR) is 170 cm³/mol. The number of aromatic nitrogens is 1. The molecule has 0 spiro atoms. The highest BCUT2D eigenvalue weighted by Gasteiger charge is 2.35. The Bertz CT molecular complexity index is 1880. The van der Waals surface area contributed by atoms with Crippen LogP contribution in [0.4, 0.5) is 0 Å². The number of rotatable bonds is 8. The smallest absolute Gasteiger partial charge is 0.338 e. The Balaban J connectivity index is 1.63. The number of fused-ring (bicyclic) bond motifs is 1. The van der Waals surface area contributed by atoms with Gasteiger partial charge in [-0.25, -0.2) is 9.79 Å². The molecule has 1 aromatic heterocycles. The summed E-state index contributed by atoms with van der Waals surface area (Å²) in [5.74, 6) is 1.04. The molecule has 1 atom stereocenters. The second kappa shape index (κ2) is 12.7. The molecule has 42 heavy (non-hydrogen) atoms. The number of esters is 1. The van der Waals surface area contributed by atoms with E-state index < -0.39 is 12.0 Å². The second-order valence-corrected chi connectivity index (χ2v) is 11.9. The summed E-state index contributed by atoms with van der Waals surface area (Å²) < 4.78 is 25.2. The van der Waals surface area contributed by atoms with Crippen LogP contribution in [0.25, 0.3) is 6.08 Å². The van der Waals surface area contributed by atoms with Gasteiger partial charge in [-0.15, -0.1) is 0 Å². The molecule has 0 fully saturated rings. The van der Waals surface area contributed by atoms with E-state index in [4.69, 9.17) is 30.5 Å².